The van der Waals surface area contributed by atoms with E-state index in [0.29, 0.717) is 12.5 Å². The molecule has 2 N–H and O–H groups in total. The molecule has 0 aromatic carbocycles. The third-order valence-electron chi connectivity index (χ3n) is 5.47. The molecule has 2 amide bonds. The Labute approximate surface area is 133 Å². The highest BCUT2D eigenvalue weighted by atomic mass is 16.2. The molecule has 1 saturated carbocycles. The highest BCUT2D eigenvalue weighted by Crippen LogP contribution is 2.26. The number of rotatable bonds is 3. The van der Waals surface area contributed by atoms with Gasteiger partial charge in [0.2, 0.25) is 11.8 Å². The molecule has 2 saturated heterocycles. The van der Waals surface area contributed by atoms with E-state index >= 15 is 0 Å². The minimum Gasteiger partial charge on any atom is -0.351 e. The zero-order valence-electron chi connectivity index (χ0n) is 13.5. The van der Waals surface area contributed by atoms with Crippen molar-refractivity contribution in [3.63, 3.8) is 0 Å². The summed E-state index contributed by atoms with van der Waals surface area (Å²) in [4.78, 5) is 26.8. The van der Waals surface area contributed by atoms with E-state index in [9.17, 15) is 9.59 Å². The molecule has 2 unspecified atom stereocenters. The van der Waals surface area contributed by atoms with Crippen molar-refractivity contribution in [2.24, 2.45) is 11.8 Å². The number of likely N-dealkylation sites (tertiary alicyclic amines) is 1. The minimum atomic E-state index is 0.108. The van der Waals surface area contributed by atoms with Crippen LogP contribution >= 0.6 is 0 Å². The van der Waals surface area contributed by atoms with Crippen molar-refractivity contribution < 1.29 is 9.59 Å². The first-order valence-electron chi connectivity index (χ1n) is 9.04. The first-order chi connectivity index (χ1) is 10.7. The fraction of sp³-hybridized carbons (Fsp3) is 0.882. The number of carbonyl (C=O) groups excluding carboxylic acids is 2. The molecule has 0 aromatic heterocycles. The van der Waals surface area contributed by atoms with Crippen LogP contribution in [-0.4, -0.2) is 48.9 Å². The Bertz CT molecular complexity index is 401. The molecule has 0 aromatic rings. The zero-order chi connectivity index (χ0) is 15.4. The number of carbonyl (C=O) groups is 2. The second kappa shape index (κ2) is 7.44. The minimum absolute atomic E-state index is 0.108. The Morgan fingerprint density at radius 2 is 1.73 bits per heavy atom. The van der Waals surface area contributed by atoms with Crippen LogP contribution in [0.3, 0.4) is 0 Å². The highest BCUT2D eigenvalue weighted by Gasteiger charge is 2.33. The van der Waals surface area contributed by atoms with E-state index in [1.165, 1.54) is 19.3 Å². The molecule has 5 nitrogen and oxygen atoms in total. The van der Waals surface area contributed by atoms with Crippen LogP contribution in [0.4, 0.5) is 0 Å². The highest BCUT2D eigenvalue weighted by molar-refractivity contribution is 5.81. The number of hydrogen-bond acceptors (Lipinski definition) is 3. The average Bonchev–Trinajstić information content (AvgIpc) is 3.04. The van der Waals surface area contributed by atoms with Gasteiger partial charge < -0.3 is 15.5 Å². The fourth-order valence-corrected chi connectivity index (χ4v) is 4.08. The Balaban J connectivity index is 1.45. The molecule has 5 heteroatoms. The number of piperidine rings is 1. The summed E-state index contributed by atoms with van der Waals surface area (Å²) in [7, 11) is 0. The van der Waals surface area contributed by atoms with Crippen molar-refractivity contribution in [3.8, 4) is 0 Å². The smallest absolute Gasteiger partial charge is 0.225 e. The molecule has 0 bridgehead atoms. The Morgan fingerprint density at radius 1 is 0.955 bits per heavy atom. The predicted octanol–water partition coefficient (Wildman–Crippen LogP) is 1.28. The molecular formula is C17H29N3O2. The van der Waals surface area contributed by atoms with Crippen molar-refractivity contribution >= 4 is 11.8 Å². The topological polar surface area (TPSA) is 61.4 Å². The molecule has 1 aliphatic carbocycles. The van der Waals surface area contributed by atoms with Gasteiger partial charge in [0.25, 0.3) is 0 Å². The monoisotopic (exact) mass is 307 g/mol. The van der Waals surface area contributed by atoms with Gasteiger partial charge in [0, 0.05) is 31.6 Å². The van der Waals surface area contributed by atoms with Crippen molar-refractivity contribution in [2.75, 3.05) is 26.2 Å². The van der Waals surface area contributed by atoms with Crippen LogP contribution < -0.4 is 10.6 Å². The van der Waals surface area contributed by atoms with Crippen LogP contribution in [0.2, 0.25) is 0 Å². The van der Waals surface area contributed by atoms with Gasteiger partial charge in [0.1, 0.15) is 0 Å². The summed E-state index contributed by atoms with van der Waals surface area (Å²) < 4.78 is 0. The largest absolute Gasteiger partial charge is 0.351 e. The zero-order valence-corrected chi connectivity index (χ0v) is 13.5. The van der Waals surface area contributed by atoms with E-state index in [1.807, 2.05) is 4.90 Å². The maximum absolute atomic E-state index is 12.5. The van der Waals surface area contributed by atoms with E-state index < -0.39 is 0 Å². The summed E-state index contributed by atoms with van der Waals surface area (Å²) in [5.41, 5.74) is 0. The Kier molecular flexibility index (Phi) is 5.34. The molecule has 0 spiro atoms. The lowest BCUT2D eigenvalue weighted by atomic mass is 9.88. The van der Waals surface area contributed by atoms with E-state index in [0.717, 1.165) is 51.7 Å². The summed E-state index contributed by atoms with van der Waals surface area (Å²) in [5, 5.41) is 6.45. The SMILES string of the molecule is O=C(NC1CCN(C(=O)C2CCCCC2)C1)C1CCCNC1. The second-order valence-electron chi connectivity index (χ2n) is 7.16. The van der Waals surface area contributed by atoms with Crippen molar-refractivity contribution in [1.29, 1.82) is 0 Å². The van der Waals surface area contributed by atoms with Crippen molar-refractivity contribution in [2.45, 2.75) is 57.4 Å². The van der Waals surface area contributed by atoms with Gasteiger partial charge >= 0.3 is 0 Å². The van der Waals surface area contributed by atoms with Gasteiger partial charge in [-0.3, -0.25) is 9.59 Å². The van der Waals surface area contributed by atoms with Crippen LogP contribution in [0.25, 0.3) is 0 Å². The number of amides is 2. The number of nitrogens with one attached hydrogen (secondary N) is 2. The van der Waals surface area contributed by atoms with Crippen molar-refractivity contribution in [3.05, 3.63) is 0 Å². The average molecular weight is 307 g/mol. The fourth-order valence-electron chi connectivity index (χ4n) is 4.08. The van der Waals surface area contributed by atoms with Gasteiger partial charge in [0.05, 0.1) is 5.92 Å². The van der Waals surface area contributed by atoms with Gasteiger partial charge in [-0.15, -0.1) is 0 Å². The first-order valence-corrected chi connectivity index (χ1v) is 9.04. The van der Waals surface area contributed by atoms with Crippen LogP contribution in [0.1, 0.15) is 51.4 Å². The van der Waals surface area contributed by atoms with Gasteiger partial charge in [0.15, 0.2) is 0 Å². The molecule has 22 heavy (non-hydrogen) atoms. The Hall–Kier alpha value is -1.10. The van der Waals surface area contributed by atoms with Crippen molar-refractivity contribution in [1.82, 2.24) is 15.5 Å². The molecule has 3 aliphatic rings. The maximum Gasteiger partial charge on any atom is 0.225 e. The van der Waals surface area contributed by atoms with E-state index in [4.69, 9.17) is 0 Å². The van der Waals surface area contributed by atoms with Crippen LogP contribution in [0.5, 0.6) is 0 Å². The van der Waals surface area contributed by atoms with Gasteiger partial charge in [-0.25, -0.2) is 0 Å². The van der Waals surface area contributed by atoms with E-state index in [2.05, 4.69) is 10.6 Å². The Morgan fingerprint density at radius 3 is 2.45 bits per heavy atom. The molecule has 0 radical (unpaired) electrons. The van der Waals surface area contributed by atoms with Gasteiger partial charge in [-0.2, -0.15) is 0 Å². The standard InChI is InChI=1S/C17H29N3O2/c21-16(14-7-4-9-18-11-14)19-15-8-10-20(12-15)17(22)13-5-2-1-3-6-13/h13-15,18H,1-12H2,(H,19,21). The summed E-state index contributed by atoms with van der Waals surface area (Å²) in [6, 6.07) is 0.155. The van der Waals surface area contributed by atoms with Crippen LogP contribution in [-0.2, 0) is 9.59 Å². The molecule has 124 valence electrons. The number of nitrogens with zero attached hydrogens (tertiary/aromatic N) is 1. The third kappa shape index (κ3) is 3.80. The predicted molar refractivity (Wildman–Crippen MR) is 85.3 cm³/mol. The maximum atomic E-state index is 12.5. The summed E-state index contributed by atoms with van der Waals surface area (Å²) in [6.45, 7) is 3.34. The molecule has 2 atom stereocenters. The lowest BCUT2D eigenvalue weighted by Crippen LogP contribution is -2.46. The summed E-state index contributed by atoms with van der Waals surface area (Å²) in [5.74, 6) is 0.850. The summed E-state index contributed by atoms with van der Waals surface area (Å²) in [6.07, 6.45) is 8.74. The molecule has 3 rings (SSSR count). The van der Waals surface area contributed by atoms with Gasteiger partial charge in [-0.05, 0) is 38.6 Å². The van der Waals surface area contributed by atoms with E-state index in [-0.39, 0.29) is 23.8 Å². The molecule has 3 fully saturated rings. The number of hydrogen-bond donors (Lipinski definition) is 2. The summed E-state index contributed by atoms with van der Waals surface area (Å²) >= 11 is 0. The first kappa shape index (κ1) is 15.8. The molecular weight excluding hydrogens is 278 g/mol. The van der Waals surface area contributed by atoms with Crippen LogP contribution in [0.15, 0.2) is 0 Å². The van der Waals surface area contributed by atoms with Crippen LogP contribution in [0, 0.1) is 11.8 Å². The lowest BCUT2D eigenvalue weighted by molar-refractivity contribution is -0.135. The van der Waals surface area contributed by atoms with E-state index in [1.54, 1.807) is 0 Å². The third-order valence-corrected chi connectivity index (χ3v) is 5.47. The normalized spacial score (nSPS) is 30.3. The lowest BCUT2D eigenvalue weighted by Gasteiger charge is -2.27. The second-order valence-corrected chi connectivity index (χ2v) is 7.16. The quantitative estimate of drug-likeness (QED) is 0.826. The molecule has 2 heterocycles. The van der Waals surface area contributed by atoms with Gasteiger partial charge in [-0.1, -0.05) is 19.3 Å². The molecule has 2 aliphatic heterocycles.